The first-order valence-corrected chi connectivity index (χ1v) is 13.0. The third-order valence-electron chi connectivity index (χ3n) is 7.64. The van der Waals surface area contributed by atoms with Crippen molar-refractivity contribution in [1.82, 2.24) is 15.4 Å². The fourth-order valence-electron chi connectivity index (χ4n) is 5.55. The average molecular weight is 471 g/mol. The second-order valence-electron chi connectivity index (χ2n) is 10.2. The van der Waals surface area contributed by atoms with Crippen molar-refractivity contribution in [3.8, 4) is 0 Å². The Morgan fingerprint density at radius 1 is 1.12 bits per heavy atom. The van der Waals surface area contributed by atoms with Gasteiger partial charge in [0.25, 0.3) is 0 Å². The molecule has 0 bridgehead atoms. The quantitative estimate of drug-likeness (QED) is 0.666. The molecule has 1 aromatic carbocycles. The summed E-state index contributed by atoms with van der Waals surface area (Å²) in [5.74, 6) is 1.86. The molecule has 3 aliphatic rings. The normalized spacial score (nSPS) is 26.6. The zero-order chi connectivity index (χ0) is 23.3. The number of benzene rings is 1. The number of aryl methyl sites for hydroxylation is 1. The van der Waals surface area contributed by atoms with Gasteiger partial charge >= 0.3 is 0 Å². The lowest BCUT2D eigenvalue weighted by Gasteiger charge is -2.36. The van der Waals surface area contributed by atoms with Gasteiger partial charge in [-0.25, -0.2) is 0 Å². The summed E-state index contributed by atoms with van der Waals surface area (Å²) in [5, 5.41) is 8.69. The number of fused-ring (bicyclic) bond motifs is 1. The second-order valence-corrected chi connectivity index (χ2v) is 10.2. The van der Waals surface area contributed by atoms with Crippen molar-refractivity contribution in [1.29, 1.82) is 0 Å². The molecule has 2 aliphatic heterocycles. The zero-order valence-corrected chi connectivity index (χ0v) is 20.3. The molecule has 1 aliphatic carbocycles. The van der Waals surface area contributed by atoms with Crippen LogP contribution in [0.1, 0.15) is 44.1 Å². The van der Waals surface area contributed by atoms with Gasteiger partial charge in [0.2, 0.25) is 5.91 Å². The molecule has 0 spiro atoms. The molecular formula is C26H38N4O4. The number of carbonyl (C=O) groups excluding carboxylic acids is 1. The van der Waals surface area contributed by atoms with Crippen LogP contribution in [-0.4, -0.2) is 80.7 Å². The minimum Gasteiger partial charge on any atom is -0.376 e. The Morgan fingerprint density at radius 2 is 1.94 bits per heavy atom. The van der Waals surface area contributed by atoms with Gasteiger partial charge in [0.1, 0.15) is 0 Å². The van der Waals surface area contributed by atoms with E-state index in [-0.39, 0.29) is 12.0 Å². The standard InChI is InChI=1S/C26H38N4O4/c1-19-2-7-23-24(16-19)34-28-26(23)30-12-10-29(11-13-30)9-8-20-3-5-21(6-4-20)27-25(31)17-22-18-32-14-15-33-22/h2,7,16,20-22H,3-6,8-15,17-18H2,1H3,(H,27,31)/t20-,21-,22?. The van der Waals surface area contributed by atoms with E-state index in [9.17, 15) is 4.79 Å². The van der Waals surface area contributed by atoms with Crippen LogP contribution in [0.5, 0.6) is 0 Å². The summed E-state index contributed by atoms with van der Waals surface area (Å²) in [6, 6.07) is 6.62. The molecule has 2 aromatic rings. The number of aromatic nitrogens is 1. The lowest BCUT2D eigenvalue weighted by Crippen LogP contribution is -2.47. The van der Waals surface area contributed by atoms with E-state index in [1.807, 2.05) is 0 Å². The van der Waals surface area contributed by atoms with E-state index in [1.165, 1.54) is 24.8 Å². The number of piperazine rings is 1. The molecule has 0 radical (unpaired) electrons. The van der Waals surface area contributed by atoms with Crippen molar-refractivity contribution < 1.29 is 18.8 Å². The summed E-state index contributed by atoms with van der Waals surface area (Å²) in [6.07, 6.45) is 6.17. The molecule has 1 saturated carbocycles. The number of ether oxygens (including phenoxy) is 2. The van der Waals surface area contributed by atoms with Gasteiger partial charge in [-0.05, 0) is 69.2 Å². The summed E-state index contributed by atoms with van der Waals surface area (Å²) in [7, 11) is 0. The number of hydrogen-bond acceptors (Lipinski definition) is 7. The highest BCUT2D eigenvalue weighted by Crippen LogP contribution is 2.29. The Bertz CT molecular complexity index is 941. The van der Waals surface area contributed by atoms with Crippen LogP contribution < -0.4 is 10.2 Å². The van der Waals surface area contributed by atoms with E-state index in [4.69, 9.17) is 14.0 Å². The number of nitrogens with one attached hydrogen (secondary N) is 1. The summed E-state index contributed by atoms with van der Waals surface area (Å²) < 4.78 is 16.5. The van der Waals surface area contributed by atoms with Crippen molar-refractivity contribution in [3.05, 3.63) is 23.8 Å². The topological polar surface area (TPSA) is 80.1 Å². The van der Waals surface area contributed by atoms with Gasteiger partial charge in [0, 0.05) is 32.2 Å². The second kappa shape index (κ2) is 11.1. The van der Waals surface area contributed by atoms with Crippen LogP contribution >= 0.6 is 0 Å². The maximum Gasteiger partial charge on any atom is 0.222 e. The van der Waals surface area contributed by atoms with Crippen molar-refractivity contribution in [3.63, 3.8) is 0 Å². The predicted molar refractivity (Wildman–Crippen MR) is 131 cm³/mol. The molecule has 34 heavy (non-hydrogen) atoms. The van der Waals surface area contributed by atoms with Gasteiger partial charge in [-0.3, -0.25) is 9.69 Å². The van der Waals surface area contributed by atoms with Gasteiger partial charge < -0.3 is 24.2 Å². The van der Waals surface area contributed by atoms with E-state index in [1.54, 1.807) is 0 Å². The average Bonchev–Trinajstić information content (AvgIpc) is 3.27. The van der Waals surface area contributed by atoms with Crippen molar-refractivity contribution in [2.75, 3.05) is 57.4 Å². The molecule has 1 aromatic heterocycles. The van der Waals surface area contributed by atoms with Crippen LogP contribution in [0.15, 0.2) is 22.7 Å². The van der Waals surface area contributed by atoms with Crippen LogP contribution in [0.3, 0.4) is 0 Å². The lowest BCUT2D eigenvalue weighted by molar-refractivity contribution is -0.132. The molecule has 1 amide bonds. The number of hydrogen-bond donors (Lipinski definition) is 1. The predicted octanol–water partition coefficient (Wildman–Crippen LogP) is 3.13. The van der Waals surface area contributed by atoms with Crippen LogP contribution in [0.2, 0.25) is 0 Å². The van der Waals surface area contributed by atoms with E-state index in [0.29, 0.717) is 32.3 Å². The highest BCUT2D eigenvalue weighted by atomic mass is 16.6. The van der Waals surface area contributed by atoms with Crippen LogP contribution in [0.25, 0.3) is 11.0 Å². The highest BCUT2D eigenvalue weighted by Gasteiger charge is 2.26. The van der Waals surface area contributed by atoms with Crippen LogP contribution in [0, 0.1) is 12.8 Å². The van der Waals surface area contributed by atoms with Crippen molar-refractivity contribution >= 4 is 22.7 Å². The summed E-state index contributed by atoms with van der Waals surface area (Å²) in [4.78, 5) is 17.3. The molecule has 3 fully saturated rings. The van der Waals surface area contributed by atoms with Gasteiger partial charge in [0.05, 0.1) is 37.7 Å². The molecule has 1 N–H and O–H groups in total. The molecule has 1 unspecified atom stereocenters. The van der Waals surface area contributed by atoms with Crippen molar-refractivity contribution in [2.24, 2.45) is 5.92 Å². The Hall–Kier alpha value is -2.16. The fourth-order valence-corrected chi connectivity index (χ4v) is 5.55. The third-order valence-corrected chi connectivity index (χ3v) is 7.64. The van der Waals surface area contributed by atoms with Crippen LogP contribution in [-0.2, 0) is 14.3 Å². The van der Waals surface area contributed by atoms with Gasteiger partial charge in [-0.15, -0.1) is 0 Å². The molecule has 1 atom stereocenters. The summed E-state index contributed by atoms with van der Waals surface area (Å²) >= 11 is 0. The maximum atomic E-state index is 12.3. The molecule has 8 nitrogen and oxygen atoms in total. The van der Waals surface area contributed by atoms with Gasteiger partial charge in [-0.2, -0.15) is 0 Å². The SMILES string of the molecule is Cc1ccc2c(N3CCN(CC[C@H]4CC[C@H](NC(=O)CC5COCCO5)CC4)CC3)noc2c1. The molecule has 8 heteroatoms. The number of rotatable bonds is 7. The maximum absolute atomic E-state index is 12.3. The highest BCUT2D eigenvalue weighted by molar-refractivity contribution is 5.89. The van der Waals surface area contributed by atoms with E-state index >= 15 is 0 Å². The smallest absolute Gasteiger partial charge is 0.222 e. The number of anilines is 1. The Labute approximate surface area is 201 Å². The summed E-state index contributed by atoms with van der Waals surface area (Å²) in [5.41, 5.74) is 2.07. The Kier molecular flexibility index (Phi) is 7.67. The largest absolute Gasteiger partial charge is 0.376 e. The van der Waals surface area contributed by atoms with E-state index < -0.39 is 0 Å². The number of nitrogens with zero attached hydrogens (tertiary/aromatic N) is 3. The van der Waals surface area contributed by atoms with E-state index in [2.05, 4.69) is 45.4 Å². The molecule has 5 rings (SSSR count). The first-order chi connectivity index (χ1) is 16.6. The number of carbonyl (C=O) groups is 1. The molecule has 2 saturated heterocycles. The van der Waals surface area contributed by atoms with Crippen molar-refractivity contribution in [2.45, 2.75) is 57.6 Å². The minimum absolute atomic E-state index is 0.0854. The number of amides is 1. The first kappa shape index (κ1) is 23.6. The van der Waals surface area contributed by atoms with Gasteiger partial charge in [-0.1, -0.05) is 11.2 Å². The fraction of sp³-hybridized carbons (Fsp3) is 0.692. The molecule has 3 heterocycles. The van der Waals surface area contributed by atoms with E-state index in [0.717, 1.165) is 68.3 Å². The van der Waals surface area contributed by atoms with Gasteiger partial charge in [0.15, 0.2) is 11.4 Å². The minimum atomic E-state index is -0.0854. The summed E-state index contributed by atoms with van der Waals surface area (Å²) in [6.45, 7) is 9.11. The Balaban J connectivity index is 0.992. The molecule has 186 valence electrons. The van der Waals surface area contributed by atoms with Crippen LogP contribution in [0.4, 0.5) is 5.82 Å². The molecular weight excluding hydrogens is 432 g/mol. The third kappa shape index (κ3) is 5.90. The first-order valence-electron chi connectivity index (χ1n) is 13.0. The monoisotopic (exact) mass is 470 g/mol. The Morgan fingerprint density at radius 3 is 2.71 bits per heavy atom. The lowest BCUT2D eigenvalue weighted by atomic mass is 9.84. The zero-order valence-electron chi connectivity index (χ0n) is 20.3.